The lowest BCUT2D eigenvalue weighted by Crippen LogP contribution is -2.18. The molecule has 0 spiro atoms. The van der Waals surface area contributed by atoms with Crippen LogP contribution in [-0.2, 0) is 6.54 Å². The molecule has 0 amide bonds. The molecular formula is C16H22N8O. The molecular weight excluding hydrogens is 320 g/mol. The minimum atomic E-state index is -0.485. The highest BCUT2D eigenvalue weighted by Crippen LogP contribution is 2.34. The highest BCUT2D eigenvalue weighted by atomic mass is 16.3. The Morgan fingerprint density at radius 1 is 1.36 bits per heavy atom. The van der Waals surface area contributed by atoms with Gasteiger partial charge in [0.2, 0.25) is 5.95 Å². The quantitative estimate of drug-likeness (QED) is 0.518. The van der Waals surface area contributed by atoms with Gasteiger partial charge in [-0.3, -0.25) is 0 Å². The zero-order valence-corrected chi connectivity index (χ0v) is 14.3. The van der Waals surface area contributed by atoms with Crippen LogP contribution in [0.4, 0.5) is 17.6 Å². The maximum atomic E-state index is 9.42. The van der Waals surface area contributed by atoms with E-state index in [1.807, 2.05) is 12.3 Å². The van der Waals surface area contributed by atoms with E-state index in [-0.39, 0.29) is 0 Å². The third-order valence-corrected chi connectivity index (χ3v) is 4.34. The summed E-state index contributed by atoms with van der Waals surface area (Å²) < 4.78 is 1.58. The van der Waals surface area contributed by atoms with Crippen LogP contribution in [0.1, 0.15) is 26.7 Å². The first-order valence-electron chi connectivity index (χ1n) is 8.55. The normalized spacial score (nSPS) is 16.8. The lowest BCUT2D eigenvalue weighted by Gasteiger charge is -2.15. The Labute approximate surface area is 144 Å². The fourth-order valence-corrected chi connectivity index (χ4v) is 2.87. The molecule has 9 heteroatoms. The van der Waals surface area contributed by atoms with Crippen molar-refractivity contribution >= 4 is 28.6 Å². The number of aromatic amines is 1. The van der Waals surface area contributed by atoms with Crippen LogP contribution in [0.5, 0.6) is 0 Å². The van der Waals surface area contributed by atoms with Crippen LogP contribution in [-0.4, -0.2) is 47.2 Å². The Kier molecular flexibility index (Phi) is 4.00. The smallest absolute Gasteiger partial charge is 0.232 e. The van der Waals surface area contributed by atoms with Crippen LogP contribution in [0.15, 0.2) is 18.5 Å². The van der Waals surface area contributed by atoms with E-state index in [4.69, 9.17) is 0 Å². The van der Waals surface area contributed by atoms with Gasteiger partial charge in [0, 0.05) is 12.2 Å². The fourth-order valence-electron chi connectivity index (χ4n) is 2.87. The van der Waals surface area contributed by atoms with Gasteiger partial charge < -0.3 is 20.7 Å². The molecule has 3 heterocycles. The van der Waals surface area contributed by atoms with Crippen LogP contribution in [0.25, 0.3) is 11.0 Å². The summed E-state index contributed by atoms with van der Waals surface area (Å²) in [6, 6.07) is 2.35. The summed E-state index contributed by atoms with van der Waals surface area (Å²) >= 11 is 0. The molecule has 9 nitrogen and oxygen atoms in total. The number of nitrogens with zero attached hydrogens (tertiary/aromatic N) is 5. The molecule has 4 N–H and O–H groups in total. The van der Waals surface area contributed by atoms with Crippen molar-refractivity contribution in [2.45, 2.75) is 45.4 Å². The van der Waals surface area contributed by atoms with Gasteiger partial charge in [-0.25, -0.2) is 4.68 Å². The molecule has 1 saturated carbocycles. The van der Waals surface area contributed by atoms with E-state index in [1.165, 1.54) is 12.8 Å². The molecule has 3 aromatic rings. The van der Waals surface area contributed by atoms with Crippen LogP contribution in [0.3, 0.4) is 0 Å². The summed E-state index contributed by atoms with van der Waals surface area (Å²) in [7, 11) is 0. The maximum absolute atomic E-state index is 9.42. The molecule has 1 unspecified atom stereocenters. The first kappa shape index (κ1) is 15.8. The van der Waals surface area contributed by atoms with Crippen molar-refractivity contribution in [2.75, 3.05) is 10.6 Å². The van der Waals surface area contributed by atoms with Crippen molar-refractivity contribution in [3.8, 4) is 0 Å². The summed E-state index contributed by atoms with van der Waals surface area (Å²) in [4.78, 5) is 12.2. The molecule has 0 saturated heterocycles. The topological polar surface area (TPSA) is 117 Å². The molecule has 3 aromatic heterocycles. The Morgan fingerprint density at radius 2 is 2.20 bits per heavy atom. The summed E-state index contributed by atoms with van der Waals surface area (Å²) in [5.41, 5.74) is 0.763. The second kappa shape index (κ2) is 6.32. The van der Waals surface area contributed by atoms with E-state index >= 15 is 0 Å². The minimum Gasteiger partial charge on any atom is -0.391 e. The maximum Gasteiger partial charge on any atom is 0.232 e. The first-order valence-corrected chi connectivity index (χ1v) is 8.55. The fraction of sp³-hybridized carbons (Fsp3) is 0.500. The van der Waals surface area contributed by atoms with Crippen LogP contribution in [0.2, 0.25) is 0 Å². The molecule has 0 bridgehead atoms. The Balaban J connectivity index is 1.57. The first-order chi connectivity index (χ1) is 12.1. The summed E-state index contributed by atoms with van der Waals surface area (Å²) in [6.07, 6.45) is 5.63. The number of aliphatic hydroxyl groups is 1. The lowest BCUT2D eigenvalue weighted by atomic mass is 10.2. The van der Waals surface area contributed by atoms with E-state index < -0.39 is 6.10 Å². The zero-order valence-electron chi connectivity index (χ0n) is 14.3. The van der Waals surface area contributed by atoms with Gasteiger partial charge in [0.05, 0.1) is 24.2 Å². The molecule has 1 aliphatic rings. The molecule has 132 valence electrons. The van der Waals surface area contributed by atoms with E-state index in [1.54, 1.807) is 17.8 Å². The number of aromatic nitrogens is 6. The third-order valence-electron chi connectivity index (χ3n) is 4.34. The SMILES string of the molecule is CC(O)Cn1cc(Nc2nc(N[C@@H](C)C3CC3)c3cc[nH]c3n2)nn1. The summed E-state index contributed by atoms with van der Waals surface area (Å²) in [5.74, 6) is 2.52. The highest BCUT2D eigenvalue weighted by Gasteiger charge is 2.28. The average molecular weight is 342 g/mol. The number of H-pyrrole nitrogens is 1. The number of aliphatic hydroxyl groups excluding tert-OH is 1. The van der Waals surface area contributed by atoms with E-state index in [0.717, 1.165) is 22.8 Å². The zero-order chi connectivity index (χ0) is 17.4. The van der Waals surface area contributed by atoms with Crippen molar-refractivity contribution in [2.24, 2.45) is 5.92 Å². The van der Waals surface area contributed by atoms with Crippen LogP contribution >= 0.6 is 0 Å². The van der Waals surface area contributed by atoms with E-state index in [9.17, 15) is 5.11 Å². The van der Waals surface area contributed by atoms with Crippen molar-refractivity contribution in [1.82, 2.24) is 29.9 Å². The van der Waals surface area contributed by atoms with Gasteiger partial charge >= 0.3 is 0 Å². The van der Waals surface area contributed by atoms with Gasteiger partial charge in [-0.2, -0.15) is 9.97 Å². The largest absolute Gasteiger partial charge is 0.391 e. The Morgan fingerprint density at radius 3 is 2.96 bits per heavy atom. The predicted molar refractivity (Wildman–Crippen MR) is 94.7 cm³/mol. The number of hydrogen-bond donors (Lipinski definition) is 4. The molecule has 0 aliphatic heterocycles. The van der Waals surface area contributed by atoms with Gasteiger partial charge in [-0.15, -0.1) is 5.10 Å². The molecule has 0 radical (unpaired) electrons. The molecule has 2 atom stereocenters. The monoisotopic (exact) mass is 342 g/mol. The van der Waals surface area contributed by atoms with Crippen molar-refractivity contribution < 1.29 is 5.11 Å². The van der Waals surface area contributed by atoms with Gasteiger partial charge in [0.15, 0.2) is 5.82 Å². The predicted octanol–water partition coefficient (Wildman–Crippen LogP) is 1.88. The Bertz CT molecular complexity index is 866. The van der Waals surface area contributed by atoms with Gasteiger partial charge in [-0.1, -0.05) is 5.21 Å². The number of rotatable bonds is 7. The van der Waals surface area contributed by atoms with Crippen molar-refractivity contribution in [3.05, 3.63) is 18.5 Å². The van der Waals surface area contributed by atoms with Crippen molar-refractivity contribution in [3.63, 3.8) is 0 Å². The molecule has 0 aromatic carbocycles. The number of hydrogen-bond acceptors (Lipinski definition) is 7. The van der Waals surface area contributed by atoms with Crippen molar-refractivity contribution in [1.29, 1.82) is 0 Å². The minimum absolute atomic E-state index is 0.382. The van der Waals surface area contributed by atoms with E-state index in [0.29, 0.717) is 24.4 Å². The highest BCUT2D eigenvalue weighted by molar-refractivity contribution is 5.88. The van der Waals surface area contributed by atoms with E-state index in [2.05, 4.69) is 42.8 Å². The molecule has 25 heavy (non-hydrogen) atoms. The molecule has 1 aliphatic carbocycles. The number of fused-ring (bicyclic) bond motifs is 1. The summed E-state index contributed by atoms with van der Waals surface area (Å²) in [5, 5.41) is 25.0. The lowest BCUT2D eigenvalue weighted by molar-refractivity contribution is 0.167. The Hall–Kier alpha value is -2.68. The second-order valence-corrected chi connectivity index (χ2v) is 6.71. The average Bonchev–Trinajstić information content (AvgIpc) is 3.16. The van der Waals surface area contributed by atoms with Crippen LogP contribution < -0.4 is 10.6 Å². The molecule has 4 rings (SSSR count). The molecule has 1 fully saturated rings. The number of nitrogens with one attached hydrogen (secondary N) is 3. The van der Waals surface area contributed by atoms with Gasteiger partial charge in [0.1, 0.15) is 11.5 Å². The second-order valence-electron chi connectivity index (χ2n) is 6.71. The third kappa shape index (κ3) is 3.55. The standard InChI is InChI=1S/C16H22N8O/c1-9(25)7-24-8-13(22-23-24)19-16-20-14-12(5-6-17-14)15(21-16)18-10(2)11-3-4-11/h5-6,8-11,25H,3-4,7H2,1-2H3,(H3,17,18,19,20,21)/t9?,10-/m0/s1. The van der Waals surface area contributed by atoms with Gasteiger partial charge in [0.25, 0.3) is 0 Å². The van der Waals surface area contributed by atoms with Crippen LogP contribution in [0, 0.1) is 5.92 Å². The number of anilines is 3. The van der Waals surface area contributed by atoms with Gasteiger partial charge in [-0.05, 0) is 38.7 Å². The summed E-state index contributed by atoms with van der Waals surface area (Å²) in [6.45, 7) is 4.28.